The fourth-order valence-electron chi connectivity index (χ4n) is 1.81. The first kappa shape index (κ1) is 15.1. The summed E-state index contributed by atoms with van der Waals surface area (Å²) in [6, 6.07) is 12.9. The van der Waals surface area contributed by atoms with Crippen molar-refractivity contribution in [3.05, 3.63) is 54.1 Å². The van der Waals surface area contributed by atoms with Crippen molar-refractivity contribution >= 4 is 21.4 Å². The lowest BCUT2D eigenvalue weighted by Crippen LogP contribution is -2.13. The van der Waals surface area contributed by atoms with E-state index in [0.717, 1.165) is 6.26 Å². The molecule has 0 heterocycles. The Bertz CT molecular complexity index is 769. The van der Waals surface area contributed by atoms with Crippen molar-refractivity contribution < 1.29 is 17.9 Å². The predicted molar refractivity (Wildman–Crippen MR) is 80.5 cm³/mol. The Labute approximate surface area is 123 Å². The third kappa shape index (κ3) is 3.61. The Hall–Kier alpha value is -2.34. The second-order valence-corrected chi connectivity index (χ2v) is 6.47. The molecule has 2 aromatic carbocycles. The van der Waals surface area contributed by atoms with Crippen LogP contribution >= 0.6 is 0 Å². The average molecular weight is 305 g/mol. The first-order chi connectivity index (χ1) is 9.91. The second kappa shape index (κ2) is 5.97. The molecule has 110 valence electrons. The third-order valence-electron chi connectivity index (χ3n) is 2.88. The van der Waals surface area contributed by atoms with E-state index in [2.05, 4.69) is 5.32 Å². The van der Waals surface area contributed by atoms with Gasteiger partial charge in [-0.3, -0.25) is 4.79 Å². The Morgan fingerprint density at radius 3 is 2.48 bits per heavy atom. The Morgan fingerprint density at radius 2 is 1.81 bits per heavy atom. The topological polar surface area (TPSA) is 72.5 Å². The number of hydrogen-bond acceptors (Lipinski definition) is 4. The molecule has 0 bridgehead atoms. The van der Waals surface area contributed by atoms with E-state index in [4.69, 9.17) is 4.74 Å². The highest BCUT2D eigenvalue weighted by Gasteiger charge is 2.13. The van der Waals surface area contributed by atoms with E-state index in [9.17, 15) is 13.2 Å². The number of rotatable bonds is 4. The minimum Gasteiger partial charge on any atom is -0.495 e. The van der Waals surface area contributed by atoms with Crippen LogP contribution in [0.25, 0.3) is 0 Å². The maximum atomic E-state index is 12.2. The summed E-state index contributed by atoms with van der Waals surface area (Å²) in [7, 11) is -1.84. The highest BCUT2D eigenvalue weighted by molar-refractivity contribution is 7.90. The summed E-state index contributed by atoms with van der Waals surface area (Å²) in [6.45, 7) is 0. The van der Waals surface area contributed by atoms with Crippen molar-refractivity contribution in [2.45, 2.75) is 4.90 Å². The van der Waals surface area contributed by atoms with Gasteiger partial charge in [0.1, 0.15) is 5.75 Å². The number of ether oxygens (including phenoxy) is 1. The molecule has 0 spiro atoms. The Kier molecular flexibility index (Phi) is 4.28. The van der Waals surface area contributed by atoms with E-state index >= 15 is 0 Å². The Balaban J connectivity index is 2.29. The van der Waals surface area contributed by atoms with Gasteiger partial charge in [-0.2, -0.15) is 0 Å². The monoisotopic (exact) mass is 305 g/mol. The molecule has 6 heteroatoms. The van der Waals surface area contributed by atoms with Gasteiger partial charge in [-0.15, -0.1) is 0 Å². The lowest BCUT2D eigenvalue weighted by molar-refractivity contribution is 0.102. The summed E-state index contributed by atoms with van der Waals surface area (Å²) in [4.78, 5) is 12.3. The molecule has 0 unspecified atom stereocenters. The van der Waals surface area contributed by atoms with Crippen molar-refractivity contribution in [1.29, 1.82) is 0 Å². The standard InChI is InChI=1S/C15H15NO4S/c1-20-14-9-4-3-8-13(14)16-15(17)11-6-5-7-12(10-11)21(2,18)19/h3-10H,1-2H3,(H,16,17). The smallest absolute Gasteiger partial charge is 0.255 e. The van der Waals surface area contributed by atoms with E-state index in [0.29, 0.717) is 11.4 Å². The van der Waals surface area contributed by atoms with Crippen molar-refractivity contribution in [3.8, 4) is 5.75 Å². The number of carbonyl (C=O) groups is 1. The fourth-order valence-corrected chi connectivity index (χ4v) is 2.48. The molecule has 0 saturated heterocycles. The van der Waals surface area contributed by atoms with Crippen LogP contribution in [0, 0.1) is 0 Å². The van der Waals surface area contributed by atoms with E-state index < -0.39 is 15.7 Å². The predicted octanol–water partition coefficient (Wildman–Crippen LogP) is 2.35. The molecule has 0 saturated carbocycles. The van der Waals surface area contributed by atoms with Crippen LogP contribution in [0.5, 0.6) is 5.75 Å². The molecule has 0 atom stereocenters. The van der Waals surface area contributed by atoms with Gasteiger partial charge in [0, 0.05) is 11.8 Å². The van der Waals surface area contributed by atoms with E-state index in [1.807, 2.05) is 0 Å². The number of carbonyl (C=O) groups excluding carboxylic acids is 1. The molecular formula is C15H15NO4S. The number of anilines is 1. The van der Waals surface area contributed by atoms with Gasteiger partial charge >= 0.3 is 0 Å². The zero-order valence-corrected chi connectivity index (χ0v) is 12.5. The van der Waals surface area contributed by atoms with Crippen LogP contribution in [0.4, 0.5) is 5.69 Å². The summed E-state index contributed by atoms with van der Waals surface area (Å²) in [5.74, 6) is 0.134. The number of para-hydroxylation sites is 2. The number of benzene rings is 2. The SMILES string of the molecule is COc1ccccc1NC(=O)c1cccc(S(C)(=O)=O)c1. The normalized spacial score (nSPS) is 11.0. The van der Waals surface area contributed by atoms with E-state index in [1.165, 1.54) is 25.3 Å². The molecular weight excluding hydrogens is 290 g/mol. The number of sulfone groups is 1. The highest BCUT2D eigenvalue weighted by atomic mass is 32.2. The van der Waals surface area contributed by atoms with Gasteiger partial charge in [0.15, 0.2) is 9.84 Å². The minimum absolute atomic E-state index is 0.107. The molecule has 0 aliphatic rings. The van der Waals surface area contributed by atoms with Crippen LogP contribution in [0.2, 0.25) is 0 Å². The largest absolute Gasteiger partial charge is 0.495 e. The van der Waals surface area contributed by atoms with Crippen LogP contribution in [-0.4, -0.2) is 27.7 Å². The summed E-state index contributed by atoms with van der Waals surface area (Å²) < 4.78 is 28.2. The summed E-state index contributed by atoms with van der Waals surface area (Å²) in [6.07, 6.45) is 1.10. The van der Waals surface area contributed by atoms with Gasteiger partial charge in [-0.25, -0.2) is 8.42 Å². The van der Waals surface area contributed by atoms with Crippen LogP contribution in [0.1, 0.15) is 10.4 Å². The third-order valence-corrected chi connectivity index (χ3v) is 3.99. The van der Waals surface area contributed by atoms with Gasteiger partial charge in [0.05, 0.1) is 17.7 Å². The highest BCUT2D eigenvalue weighted by Crippen LogP contribution is 2.24. The molecule has 2 rings (SSSR count). The maximum absolute atomic E-state index is 12.2. The number of hydrogen-bond donors (Lipinski definition) is 1. The number of amides is 1. The lowest BCUT2D eigenvalue weighted by atomic mass is 10.2. The Morgan fingerprint density at radius 1 is 1.10 bits per heavy atom. The molecule has 0 aliphatic heterocycles. The lowest BCUT2D eigenvalue weighted by Gasteiger charge is -2.10. The summed E-state index contributed by atoms with van der Waals surface area (Å²) in [5.41, 5.74) is 0.790. The quantitative estimate of drug-likeness (QED) is 0.941. The van der Waals surface area contributed by atoms with Crippen LogP contribution < -0.4 is 10.1 Å². The van der Waals surface area contributed by atoms with Crippen LogP contribution in [-0.2, 0) is 9.84 Å². The number of methoxy groups -OCH3 is 1. The molecule has 0 aromatic heterocycles. The van der Waals surface area contributed by atoms with Crippen molar-refractivity contribution in [1.82, 2.24) is 0 Å². The van der Waals surface area contributed by atoms with Crippen molar-refractivity contribution in [3.63, 3.8) is 0 Å². The van der Waals surface area contributed by atoms with Gasteiger partial charge in [-0.1, -0.05) is 18.2 Å². The molecule has 0 radical (unpaired) electrons. The van der Waals surface area contributed by atoms with Gasteiger partial charge in [0.25, 0.3) is 5.91 Å². The van der Waals surface area contributed by atoms with Gasteiger partial charge in [-0.05, 0) is 30.3 Å². The fraction of sp³-hybridized carbons (Fsp3) is 0.133. The minimum atomic E-state index is -3.35. The molecule has 1 amide bonds. The van der Waals surface area contributed by atoms with Gasteiger partial charge in [0.2, 0.25) is 0 Å². The number of nitrogens with one attached hydrogen (secondary N) is 1. The van der Waals surface area contributed by atoms with E-state index in [1.54, 1.807) is 30.3 Å². The summed E-state index contributed by atoms with van der Waals surface area (Å²) >= 11 is 0. The zero-order valence-electron chi connectivity index (χ0n) is 11.7. The first-order valence-corrected chi connectivity index (χ1v) is 8.05. The molecule has 5 nitrogen and oxygen atoms in total. The van der Waals surface area contributed by atoms with Crippen LogP contribution in [0.3, 0.4) is 0 Å². The molecule has 1 N–H and O–H groups in total. The first-order valence-electron chi connectivity index (χ1n) is 6.16. The molecule has 0 fully saturated rings. The molecule has 0 aliphatic carbocycles. The zero-order chi connectivity index (χ0) is 15.5. The van der Waals surface area contributed by atoms with E-state index in [-0.39, 0.29) is 10.5 Å². The summed E-state index contributed by atoms with van der Waals surface area (Å²) in [5, 5.41) is 2.70. The molecule has 2 aromatic rings. The van der Waals surface area contributed by atoms with Crippen molar-refractivity contribution in [2.24, 2.45) is 0 Å². The van der Waals surface area contributed by atoms with Gasteiger partial charge < -0.3 is 10.1 Å². The maximum Gasteiger partial charge on any atom is 0.255 e. The van der Waals surface area contributed by atoms with Crippen molar-refractivity contribution in [2.75, 3.05) is 18.7 Å². The second-order valence-electron chi connectivity index (χ2n) is 4.45. The average Bonchev–Trinajstić information content (AvgIpc) is 2.47. The van der Waals surface area contributed by atoms with Crippen LogP contribution in [0.15, 0.2) is 53.4 Å². The molecule has 21 heavy (non-hydrogen) atoms.